The van der Waals surface area contributed by atoms with Gasteiger partial charge in [0.05, 0.1) is 23.2 Å². The van der Waals surface area contributed by atoms with Crippen molar-refractivity contribution in [2.24, 2.45) is 0 Å². The number of benzene rings is 1. The summed E-state index contributed by atoms with van der Waals surface area (Å²) in [6.45, 7) is 6.25. The van der Waals surface area contributed by atoms with E-state index < -0.39 is 5.60 Å². The SMILES string of the molecule is [3H]Nc1nc2ccccc2c2c1nc(CCCCC)n2CC(C)(C)O. The molecule has 2 heterocycles. The van der Waals surface area contributed by atoms with Crippen LogP contribution in [0.3, 0.4) is 0 Å². The van der Waals surface area contributed by atoms with Crippen molar-refractivity contribution in [3.05, 3.63) is 30.1 Å². The summed E-state index contributed by atoms with van der Waals surface area (Å²) >= 11 is 0. The van der Waals surface area contributed by atoms with Crippen molar-refractivity contribution in [3.8, 4) is 0 Å². The normalized spacial score (nSPS) is 12.8. The Morgan fingerprint density at radius 3 is 2.75 bits per heavy atom. The van der Waals surface area contributed by atoms with Gasteiger partial charge in [0, 0.05) is 11.8 Å². The quantitative estimate of drug-likeness (QED) is 0.649. The van der Waals surface area contributed by atoms with E-state index in [4.69, 9.17) is 6.40 Å². The predicted molar refractivity (Wildman–Crippen MR) is 99.0 cm³/mol. The summed E-state index contributed by atoms with van der Waals surface area (Å²) in [4.78, 5) is 9.33. The van der Waals surface area contributed by atoms with Crippen LogP contribution in [0.4, 0.5) is 5.82 Å². The number of unbranched alkanes of at least 4 members (excludes halogenated alkanes) is 2. The number of aromatic nitrogens is 3. The number of para-hydroxylation sites is 1. The first-order valence-corrected chi connectivity index (χ1v) is 8.62. The van der Waals surface area contributed by atoms with Gasteiger partial charge in [0.15, 0.2) is 7.23 Å². The molecule has 0 aliphatic rings. The van der Waals surface area contributed by atoms with Gasteiger partial charge in [0.25, 0.3) is 0 Å². The Kier molecular flexibility index (Phi) is 4.10. The highest BCUT2D eigenvalue weighted by Crippen LogP contribution is 2.30. The molecule has 1 aromatic carbocycles. The third-order valence-corrected chi connectivity index (χ3v) is 4.21. The average molecular weight is 328 g/mol. The Balaban J connectivity index is 2.27. The zero-order chi connectivity index (χ0) is 18.0. The molecule has 3 aromatic rings. The lowest BCUT2D eigenvalue weighted by Gasteiger charge is -2.20. The second-order valence-electron chi connectivity index (χ2n) is 7.06. The lowest BCUT2D eigenvalue weighted by Crippen LogP contribution is -2.27. The molecule has 24 heavy (non-hydrogen) atoms. The lowest BCUT2D eigenvalue weighted by atomic mass is 10.1. The third kappa shape index (κ3) is 3.22. The van der Waals surface area contributed by atoms with Gasteiger partial charge in [-0.3, -0.25) is 0 Å². The molecule has 0 saturated carbocycles. The molecule has 0 bridgehead atoms. The zero-order valence-corrected chi connectivity index (χ0v) is 14.6. The number of pyridine rings is 1. The van der Waals surface area contributed by atoms with Gasteiger partial charge in [-0.1, -0.05) is 38.0 Å². The molecule has 0 unspecified atom stereocenters. The minimum Gasteiger partial charge on any atom is -0.389 e. The molecular weight excluding hydrogens is 300 g/mol. The van der Waals surface area contributed by atoms with Crippen molar-refractivity contribution in [1.82, 2.24) is 14.5 Å². The molecule has 2 aromatic heterocycles. The fraction of sp³-hybridized carbons (Fsp3) is 0.474. The maximum atomic E-state index is 10.4. The van der Waals surface area contributed by atoms with E-state index in [2.05, 4.69) is 22.2 Å². The molecule has 0 amide bonds. The monoisotopic (exact) mass is 328 g/mol. The van der Waals surface area contributed by atoms with Crippen molar-refractivity contribution in [1.29, 1.82) is 0 Å². The van der Waals surface area contributed by atoms with Gasteiger partial charge < -0.3 is 15.4 Å². The number of fused-ring (bicyclic) bond motifs is 3. The van der Waals surface area contributed by atoms with Gasteiger partial charge in [0.2, 0.25) is 0 Å². The van der Waals surface area contributed by atoms with Crippen LogP contribution in [0.15, 0.2) is 24.3 Å². The summed E-state index contributed by atoms with van der Waals surface area (Å²) in [5.41, 5.74) is 4.04. The maximum absolute atomic E-state index is 10.4. The molecule has 3 rings (SSSR count). The fourth-order valence-electron chi connectivity index (χ4n) is 3.16. The molecule has 0 atom stereocenters. The lowest BCUT2D eigenvalue weighted by molar-refractivity contribution is 0.0618. The van der Waals surface area contributed by atoms with E-state index in [0.29, 0.717) is 17.9 Å². The molecule has 0 aliphatic heterocycles. The topological polar surface area (TPSA) is 77.0 Å². The Morgan fingerprint density at radius 1 is 1.25 bits per heavy atom. The summed E-state index contributed by atoms with van der Waals surface area (Å²) in [6, 6.07) is 7.88. The largest absolute Gasteiger partial charge is 0.389 e. The van der Waals surface area contributed by atoms with Crippen LogP contribution in [0.2, 0.25) is 1.41 Å². The molecule has 3 N–H and O–H groups in total. The Hall–Kier alpha value is -2.14. The zero-order valence-electron chi connectivity index (χ0n) is 15.6. The highest BCUT2D eigenvalue weighted by molar-refractivity contribution is 6.06. The standard InChI is InChI=1S/C19H26N4O/c1-4-5-6-11-15-22-16-17(23(15)12-19(2,3)24)13-9-7-8-10-14(13)21-18(16)20/h7-10,24H,4-6,11-12H2,1-3H3,(H2,20,21)/i/hT. The van der Waals surface area contributed by atoms with Gasteiger partial charge in [-0.15, -0.1) is 0 Å². The molecule has 128 valence electrons. The summed E-state index contributed by atoms with van der Waals surface area (Å²) in [5, 5.41) is 11.4. The Morgan fingerprint density at radius 2 is 2.04 bits per heavy atom. The van der Waals surface area contributed by atoms with Crippen LogP contribution in [0, 0.1) is 0 Å². The molecule has 0 spiro atoms. The Labute approximate surface area is 144 Å². The van der Waals surface area contributed by atoms with Crippen molar-refractivity contribution < 1.29 is 6.52 Å². The van der Waals surface area contributed by atoms with Crippen LogP contribution in [0.1, 0.15) is 45.9 Å². The van der Waals surface area contributed by atoms with Gasteiger partial charge in [0.1, 0.15) is 11.3 Å². The van der Waals surface area contributed by atoms with Crippen molar-refractivity contribution >= 4 is 27.8 Å². The maximum Gasteiger partial charge on any atom is 0.158 e. The highest BCUT2D eigenvalue weighted by Gasteiger charge is 2.22. The number of anilines is 1. The Bertz CT molecular complexity index is 882. The number of rotatable bonds is 7. The van der Waals surface area contributed by atoms with Crippen molar-refractivity contribution in [2.75, 3.05) is 5.73 Å². The molecule has 0 aliphatic carbocycles. The van der Waals surface area contributed by atoms with E-state index in [9.17, 15) is 5.11 Å². The molecule has 5 nitrogen and oxygen atoms in total. The van der Waals surface area contributed by atoms with Gasteiger partial charge in [-0.25, -0.2) is 9.97 Å². The van der Waals surface area contributed by atoms with Gasteiger partial charge >= 0.3 is 0 Å². The highest BCUT2D eigenvalue weighted by atomic mass is 16.3. The second-order valence-corrected chi connectivity index (χ2v) is 7.06. The summed E-state index contributed by atoms with van der Waals surface area (Å²) in [6.07, 6.45) is 4.20. The van der Waals surface area contributed by atoms with Crippen LogP contribution in [-0.2, 0) is 13.0 Å². The predicted octanol–water partition coefficient (Wildman–Crippen LogP) is 3.67. The van der Waals surface area contributed by atoms with Crippen molar-refractivity contribution in [3.63, 3.8) is 0 Å². The molecule has 0 fully saturated rings. The number of hydrogen-bond donors (Lipinski definition) is 2. The van der Waals surface area contributed by atoms with E-state index >= 15 is 0 Å². The number of nitrogen functional groups attached to an aromatic ring is 1. The number of imidazole rings is 1. The summed E-state index contributed by atoms with van der Waals surface area (Å²) in [5.74, 6) is 1.40. The van der Waals surface area contributed by atoms with Crippen molar-refractivity contribution in [2.45, 2.75) is 58.6 Å². The van der Waals surface area contributed by atoms with Crippen LogP contribution < -0.4 is 5.73 Å². The fourth-order valence-corrected chi connectivity index (χ4v) is 3.16. The summed E-state index contributed by atoms with van der Waals surface area (Å²) in [7, 11) is 0. The number of nitrogens with zero attached hydrogens (tertiary/aromatic N) is 3. The first-order valence-electron chi connectivity index (χ1n) is 9.12. The van der Waals surface area contributed by atoms with Crippen LogP contribution in [0.25, 0.3) is 21.9 Å². The van der Waals surface area contributed by atoms with E-state index in [1.54, 1.807) is 0 Å². The molecule has 0 saturated heterocycles. The molecule has 0 radical (unpaired) electrons. The first kappa shape index (κ1) is 15.4. The summed E-state index contributed by atoms with van der Waals surface area (Å²) < 4.78 is 9.72. The molecule has 5 heteroatoms. The van der Waals surface area contributed by atoms with E-state index in [0.717, 1.165) is 47.9 Å². The van der Waals surface area contributed by atoms with E-state index in [-0.39, 0.29) is 0 Å². The first-order chi connectivity index (χ1) is 11.9. The van der Waals surface area contributed by atoms with Crippen LogP contribution in [-0.4, -0.2) is 25.2 Å². The van der Waals surface area contributed by atoms with Crippen LogP contribution >= 0.6 is 0 Å². The number of aliphatic hydroxyl groups is 1. The number of hydrogen-bond acceptors (Lipinski definition) is 4. The molecular formula is C19H26N4O. The van der Waals surface area contributed by atoms with E-state index in [1.807, 2.05) is 38.1 Å². The van der Waals surface area contributed by atoms with Crippen LogP contribution in [0.5, 0.6) is 0 Å². The third-order valence-electron chi connectivity index (χ3n) is 4.21. The van der Waals surface area contributed by atoms with Gasteiger partial charge in [-0.2, -0.15) is 0 Å². The minimum absolute atomic E-state index is 0.455. The average Bonchev–Trinajstić information content (AvgIpc) is 2.91. The number of aryl methyl sites for hydroxylation is 1. The number of nitrogens with two attached hydrogens (primary N) is 1. The van der Waals surface area contributed by atoms with Gasteiger partial charge in [-0.05, 0) is 26.3 Å². The van der Waals surface area contributed by atoms with E-state index in [1.165, 1.54) is 0 Å². The smallest absolute Gasteiger partial charge is 0.158 e. The minimum atomic E-state index is -0.855. The second kappa shape index (κ2) is 6.40.